The molecular formula is C20H37NO3. The second-order valence-corrected chi connectivity index (χ2v) is 6.16. The number of allylic oxidation sites excluding steroid dienone is 2. The molecular weight excluding hydrogens is 302 g/mol. The fourth-order valence-corrected chi connectivity index (χ4v) is 2.54. The Morgan fingerprint density at radius 1 is 0.833 bits per heavy atom. The van der Waals surface area contributed by atoms with Gasteiger partial charge in [-0.3, -0.25) is 4.79 Å². The number of unbranched alkanes of at least 4 members (excludes halogenated alkanes) is 11. The van der Waals surface area contributed by atoms with E-state index in [0.29, 0.717) is 6.42 Å². The fraction of sp³-hybridized carbons (Fsp3) is 0.750. The van der Waals surface area contributed by atoms with Gasteiger partial charge in [-0.25, -0.2) is 4.79 Å². The molecule has 0 heterocycles. The largest absolute Gasteiger partial charge is 0.412 e. The molecule has 0 aliphatic heterocycles. The standard InChI is InChI=1S/C20H35NO2.H2O/c1-2-3-4-5-6-7-8-9-10-11-12-13-14-15-16-17-20(23)21-18-19-22;/h9-10,18H,2-8,11-17H2,1H3,(H,21,23);1H2/b10-9-;. The maximum absolute atomic E-state index is 11.2. The van der Waals surface area contributed by atoms with Crippen molar-refractivity contribution in [2.75, 3.05) is 0 Å². The minimum Gasteiger partial charge on any atom is -0.412 e. The zero-order valence-corrected chi connectivity index (χ0v) is 15.4. The Kier molecular flexibility index (Phi) is 22.4. The van der Waals surface area contributed by atoms with Gasteiger partial charge in [0.2, 0.25) is 5.91 Å². The van der Waals surface area contributed by atoms with Gasteiger partial charge in [-0.2, -0.15) is 0 Å². The van der Waals surface area contributed by atoms with Gasteiger partial charge in [-0.15, -0.1) is 0 Å². The molecule has 0 radical (unpaired) electrons. The minimum absolute atomic E-state index is 0. The van der Waals surface area contributed by atoms with E-state index in [1.54, 1.807) is 0 Å². The molecule has 0 unspecified atom stereocenters. The topological polar surface area (TPSA) is 77.7 Å². The van der Waals surface area contributed by atoms with E-state index >= 15 is 0 Å². The number of carbonyl (C=O) groups excluding carboxylic acids is 2. The number of hydrogen-bond donors (Lipinski definition) is 1. The van der Waals surface area contributed by atoms with Gasteiger partial charge in [0.05, 0.1) is 6.20 Å². The van der Waals surface area contributed by atoms with E-state index in [9.17, 15) is 9.59 Å². The zero-order chi connectivity index (χ0) is 17.0. The smallest absolute Gasteiger partial charge is 0.224 e. The molecule has 4 nitrogen and oxygen atoms in total. The molecule has 0 saturated heterocycles. The lowest BCUT2D eigenvalue weighted by Crippen LogP contribution is -2.16. The highest BCUT2D eigenvalue weighted by molar-refractivity contribution is 5.78. The van der Waals surface area contributed by atoms with Crippen molar-refractivity contribution >= 4 is 11.8 Å². The van der Waals surface area contributed by atoms with E-state index in [4.69, 9.17) is 0 Å². The van der Waals surface area contributed by atoms with Crippen LogP contribution in [0, 0.1) is 0 Å². The van der Waals surface area contributed by atoms with Crippen LogP contribution in [-0.2, 0) is 9.59 Å². The molecule has 4 heteroatoms. The first-order valence-corrected chi connectivity index (χ1v) is 9.45. The summed E-state index contributed by atoms with van der Waals surface area (Å²) in [4.78, 5) is 21.1. The predicted octanol–water partition coefficient (Wildman–Crippen LogP) is 4.66. The van der Waals surface area contributed by atoms with Crippen LogP contribution in [0.15, 0.2) is 18.4 Å². The van der Waals surface area contributed by atoms with Crippen molar-refractivity contribution in [1.29, 1.82) is 0 Å². The SMILES string of the molecule is CCCCCCCC/C=C\CCCCCCCC(=O)NC=C=O.O. The highest BCUT2D eigenvalue weighted by atomic mass is 16.1. The van der Waals surface area contributed by atoms with Gasteiger partial charge in [-0.1, -0.05) is 70.4 Å². The van der Waals surface area contributed by atoms with Gasteiger partial charge in [0.1, 0.15) is 5.94 Å². The van der Waals surface area contributed by atoms with Gasteiger partial charge in [-0.05, 0) is 32.1 Å². The van der Waals surface area contributed by atoms with E-state index in [0.717, 1.165) is 19.0 Å². The van der Waals surface area contributed by atoms with E-state index < -0.39 is 0 Å². The van der Waals surface area contributed by atoms with Crippen LogP contribution in [0.5, 0.6) is 0 Å². The van der Waals surface area contributed by atoms with Gasteiger partial charge >= 0.3 is 0 Å². The molecule has 140 valence electrons. The first-order chi connectivity index (χ1) is 11.3. The third-order valence-corrected chi connectivity index (χ3v) is 3.96. The highest BCUT2D eigenvalue weighted by Gasteiger charge is 1.98. The lowest BCUT2D eigenvalue weighted by molar-refractivity contribution is -0.120. The molecule has 0 aromatic heterocycles. The maximum Gasteiger partial charge on any atom is 0.224 e. The van der Waals surface area contributed by atoms with Gasteiger partial charge < -0.3 is 10.8 Å². The highest BCUT2D eigenvalue weighted by Crippen LogP contribution is 2.09. The summed E-state index contributed by atoms with van der Waals surface area (Å²) >= 11 is 0. The van der Waals surface area contributed by atoms with E-state index in [1.807, 2.05) is 0 Å². The van der Waals surface area contributed by atoms with Crippen LogP contribution in [0.3, 0.4) is 0 Å². The number of hydrogen-bond acceptors (Lipinski definition) is 2. The van der Waals surface area contributed by atoms with Crippen LogP contribution in [0.4, 0.5) is 0 Å². The van der Waals surface area contributed by atoms with Crippen molar-refractivity contribution < 1.29 is 15.1 Å². The Morgan fingerprint density at radius 2 is 1.33 bits per heavy atom. The Morgan fingerprint density at radius 3 is 1.88 bits per heavy atom. The number of nitrogens with one attached hydrogen (secondary N) is 1. The molecule has 0 aromatic rings. The monoisotopic (exact) mass is 339 g/mol. The third kappa shape index (κ3) is 20.6. The van der Waals surface area contributed by atoms with Crippen LogP contribution in [0.1, 0.15) is 96.8 Å². The van der Waals surface area contributed by atoms with Crippen molar-refractivity contribution in [2.24, 2.45) is 0 Å². The number of carbonyl (C=O) groups is 1. The Balaban J connectivity index is 0. The summed E-state index contributed by atoms with van der Waals surface area (Å²) in [6.45, 7) is 2.26. The van der Waals surface area contributed by atoms with Crippen LogP contribution in [0.2, 0.25) is 0 Å². The molecule has 0 bridgehead atoms. The average Bonchev–Trinajstić information content (AvgIpc) is 2.56. The second kappa shape index (κ2) is 21.6. The van der Waals surface area contributed by atoms with Gasteiger partial charge in [0.15, 0.2) is 0 Å². The third-order valence-electron chi connectivity index (χ3n) is 3.96. The molecule has 0 fully saturated rings. The first-order valence-electron chi connectivity index (χ1n) is 9.45. The lowest BCUT2D eigenvalue weighted by atomic mass is 10.1. The zero-order valence-electron chi connectivity index (χ0n) is 15.4. The van der Waals surface area contributed by atoms with Crippen molar-refractivity contribution in [3.8, 4) is 0 Å². The Hall–Kier alpha value is -1.38. The molecule has 0 aromatic carbocycles. The maximum atomic E-state index is 11.2. The van der Waals surface area contributed by atoms with E-state index in [1.165, 1.54) is 76.6 Å². The molecule has 0 aliphatic rings. The molecule has 1 amide bonds. The predicted molar refractivity (Wildman–Crippen MR) is 101 cm³/mol. The van der Waals surface area contributed by atoms with Crippen LogP contribution in [0.25, 0.3) is 0 Å². The van der Waals surface area contributed by atoms with Gasteiger partial charge in [0.25, 0.3) is 0 Å². The van der Waals surface area contributed by atoms with Crippen molar-refractivity contribution in [3.63, 3.8) is 0 Å². The average molecular weight is 340 g/mol. The first kappa shape index (κ1) is 24.9. The van der Waals surface area contributed by atoms with E-state index in [-0.39, 0.29) is 11.4 Å². The minimum atomic E-state index is -0.0917. The summed E-state index contributed by atoms with van der Waals surface area (Å²) in [5.41, 5.74) is 0. The van der Waals surface area contributed by atoms with Crippen molar-refractivity contribution in [3.05, 3.63) is 18.4 Å². The normalized spacial score (nSPS) is 10.2. The molecule has 0 saturated carbocycles. The van der Waals surface area contributed by atoms with Crippen LogP contribution in [-0.4, -0.2) is 17.3 Å². The summed E-state index contributed by atoms with van der Waals surface area (Å²) in [5, 5.41) is 2.39. The quantitative estimate of drug-likeness (QED) is 0.252. The summed E-state index contributed by atoms with van der Waals surface area (Å²) in [6.07, 6.45) is 22.4. The van der Waals surface area contributed by atoms with Crippen molar-refractivity contribution in [2.45, 2.75) is 96.8 Å². The summed E-state index contributed by atoms with van der Waals surface area (Å²) in [5.74, 6) is 1.45. The van der Waals surface area contributed by atoms with Crippen LogP contribution >= 0.6 is 0 Å². The summed E-state index contributed by atoms with van der Waals surface area (Å²) in [6, 6.07) is 0. The van der Waals surface area contributed by atoms with E-state index in [2.05, 4.69) is 24.4 Å². The Bertz CT molecular complexity index is 347. The number of rotatable bonds is 16. The molecule has 0 aliphatic carbocycles. The van der Waals surface area contributed by atoms with Crippen LogP contribution < -0.4 is 5.32 Å². The van der Waals surface area contributed by atoms with Gasteiger partial charge in [0, 0.05) is 6.42 Å². The van der Waals surface area contributed by atoms with Crippen molar-refractivity contribution in [1.82, 2.24) is 5.32 Å². The fourth-order valence-electron chi connectivity index (χ4n) is 2.54. The molecule has 0 rings (SSSR count). The summed E-state index contributed by atoms with van der Waals surface area (Å²) < 4.78 is 0. The molecule has 24 heavy (non-hydrogen) atoms. The summed E-state index contributed by atoms with van der Waals surface area (Å²) in [7, 11) is 0. The lowest BCUT2D eigenvalue weighted by Gasteiger charge is -2.00. The molecule has 3 N–H and O–H groups in total. The molecule has 0 atom stereocenters. The second-order valence-electron chi connectivity index (χ2n) is 6.16. The molecule has 0 spiro atoms. The Labute approximate surface area is 148 Å². The number of amides is 1.